The van der Waals surface area contributed by atoms with Gasteiger partial charge in [0, 0.05) is 19.6 Å². The summed E-state index contributed by atoms with van der Waals surface area (Å²) in [4.78, 5) is 3.63. The molecule has 1 aromatic heterocycles. The van der Waals surface area contributed by atoms with Crippen molar-refractivity contribution in [2.75, 3.05) is 13.1 Å². The van der Waals surface area contributed by atoms with Crippen molar-refractivity contribution in [1.82, 2.24) is 19.1 Å². The Labute approximate surface area is 128 Å². The zero-order chi connectivity index (χ0) is 15.6. The molecule has 6 nitrogen and oxygen atoms in total. The zero-order valence-electron chi connectivity index (χ0n) is 12.0. The van der Waals surface area contributed by atoms with Gasteiger partial charge < -0.3 is 0 Å². The van der Waals surface area contributed by atoms with Crippen LogP contribution in [0.5, 0.6) is 0 Å². The van der Waals surface area contributed by atoms with E-state index in [1.54, 1.807) is 11.0 Å². The molecule has 0 unspecified atom stereocenters. The number of piperidine rings is 1. The van der Waals surface area contributed by atoms with Crippen LogP contribution in [0.25, 0.3) is 0 Å². The highest BCUT2D eigenvalue weighted by Gasteiger charge is 2.32. The van der Waals surface area contributed by atoms with Crippen LogP contribution in [0, 0.1) is 11.7 Å². The fourth-order valence-corrected chi connectivity index (χ4v) is 4.40. The van der Waals surface area contributed by atoms with Gasteiger partial charge in [-0.25, -0.2) is 17.8 Å². The Morgan fingerprint density at radius 3 is 2.86 bits per heavy atom. The van der Waals surface area contributed by atoms with Crippen molar-refractivity contribution in [2.45, 2.75) is 24.3 Å². The lowest BCUT2D eigenvalue weighted by Crippen LogP contribution is -2.41. The molecule has 0 spiro atoms. The second kappa shape index (κ2) is 6.13. The smallest absolute Gasteiger partial charge is 0.245 e. The fraction of sp³-hybridized carbons (Fsp3) is 0.429. The van der Waals surface area contributed by atoms with Gasteiger partial charge in [0.2, 0.25) is 10.0 Å². The van der Waals surface area contributed by atoms with Crippen LogP contribution in [0.15, 0.2) is 41.8 Å². The predicted octanol–water partition coefficient (Wildman–Crippen LogP) is 1.52. The minimum Gasteiger partial charge on any atom is -0.253 e. The fourth-order valence-electron chi connectivity index (χ4n) is 2.78. The van der Waals surface area contributed by atoms with Gasteiger partial charge in [-0.2, -0.15) is 9.40 Å². The molecule has 2 aromatic rings. The first kappa shape index (κ1) is 15.1. The van der Waals surface area contributed by atoms with Crippen LogP contribution in [-0.4, -0.2) is 40.6 Å². The van der Waals surface area contributed by atoms with Crippen LogP contribution in [0.3, 0.4) is 0 Å². The summed E-state index contributed by atoms with van der Waals surface area (Å²) in [5.74, 6) is -0.558. The SMILES string of the molecule is O=S(=O)(c1ccccc1F)N1CCC[C@@H](Cn2cncn2)C1. The number of aromatic nitrogens is 3. The first-order valence-electron chi connectivity index (χ1n) is 7.14. The zero-order valence-corrected chi connectivity index (χ0v) is 12.8. The average Bonchev–Trinajstić information content (AvgIpc) is 3.01. The third-order valence-corrected chi connectivity index (χ3v) is 5.75. The summed E-state index contributed by atoms with van der Waals surface area (Å²) in [7, 11) is -3.79. The molecule has 0 bridgehead atoms. The first-order chi connectivity index (χ1) is 10.6. The second-order valence-electron chi connectivity index (χ2n) is 5.42. The van der Waals surface area contributed by atoms with Gasteiger partial charge in [-0.15, -0.1) is 0 Å². The molecule has 1 aliphatic rings. The maximum Gasteiger partial charge on any atom is 0.245 e. The van der Waals surface area contributed by atoms with E-state index >= 15 is 0 Å². The van der Waals surface area contributed by atoms with E-state index in [4.69, 9.17) is 0 Å². The van der Waals surface area contributed by atoms with Crippen molar-refractivity contribution in [1.29, 1.82) is 0 Å². The molecule has 1 saturated heterocycles. The van der Waals surface area contributed by atoms with Gasteiger partial charge in [0.25, 0.3) is 0 Å². The number of hydrogen-bond donors (Lipinski definition) is 0. The predicted molar refractivity (Wildman–Crippen MR) is 77.9 cm³/mol. The molecular formula is C14H17FN4O2S. The quantitative estimate of drug-likeness (QED) is 0.855. The van der Waals surface area contributed by atoms with Gasteiger partial charge >= 0.3 is 0 Å². The molecule has 2 heterocycles. The minimum absolute atomic E-state index is 0.150. The molecule has 0 radical (unpaired) electrons. The molecule has 0 saturated carbocycles. The van der Waals surface area contributed by atoms with Crippen molar-refractivity contribution < 1.29 is 12.8 Å². The van der Waals surface area contributed by atoms with Crippen LogP contribution in [0.4, 0.5) is 4.39 Å². The van der Waals surface area contributed by atoms with Gasteiger partial charge in [0.1, 0.15) is 23.4 Å². The number of rotatable bonds is 4. The molecule has 0 N–H and O–H groups in total. The number of benzene rings is 1. The van der Waals surface area contributed by atoms with E-state index in [0.29, 0.717) is 19.6 Å². The van der Waals surface area contributed by atoms with E-state index < -0.39 is 15.8 Å². The lowest BCUT2D eigenvalue weighted by Gasteiger charge is -2.31. The second-order valence-corrected chi connectivity index (χ2v) is 7.33. The van der Waals surface area contributed by atoms with E-state index in [9.17, 15) is 12.8 Å². The summed E-state index contributed by atoms with van der Waals surface area (Å²) >= 11 is 0. The Morgan fingerprint density at radius 1 is 1.32 bits per heavy atom. The summed E-state index contributed by atoms with van der Waals surface area (Å²) in [5, 5.41) is 4.05. The summed E-state index contributed by atoms with van der Waals surface area (Å²) < 4.78 is 42.1. The number of halogens is 1. The number of sulfonamides is 1. The Bertz CT molecular complexity index is 733. The molecule has 3 rings (SSSR count). The van der Waals surface area contributed by atoms with Crippen LogP contribution < -0.4 is 0 Å². The average molecular weight is 324 g/mol. The van der Waals surface area contributed by atoms with E-state index in [1.165, 1.54) is 34.9 Å². The maximum absolute atomic E-state index is 13.8. The van der Waals surface area contributed by atoms with Gasteiger partial charge in [0.05, 0.1) is 0 Å². The van der Waals surface area contributed by atoms with Crippen molar-refractivity contribution in [2.24, 2.45) is 5.92 Å². The van der Waals surface area contributed by atoms with Gasteiger partial charge in [-0.3, -0.25) is 4.68 Å². The van der Waals surface area contributed by atoms with Gasteiger partial charge in [0.15, 0.2) is 0 Å². The summed E-state index contributed by atoms with van der Waals surface area (Å²) in [6.45, 7) is 1.41. The standard InChI is InChI=1S/C14H17FN4O2S/c15-13-5-1-2-6-14(13)22(20,21)19-7-3-4-12(9-19)8-18-11-16-10-17-18/h1-2,5-6,10-12H,3-4,7-9H2/t12-/m0/s1. The van der Waals surface area contributed by atoms with Crippen molar-refractivity contribution in [3.8, 4) is 0 Å². The monoisotopic (exact) mass is 324 g/mol. The van der Waals surface area contributed by atoms with Crippen LogP contribution in [0.1, 0.15) is 12.8 Å². The number of hydrogen-bond acceptors (Lipinski definition) is 4. The highest BCUT2D eigenvalue weighted by molar-refractivity contribution is 7.89. The third kappa shape index (κ3) is 3.02. The molecule has 118 valence electrons. The molecule has 22 heavy (non-hydrogen) atoms. The van der Waals surface area contributed by atoms with Crippen LogP contribution in [0.2, 0.25) is 0 Å². The molecule has 1 fully saturated rings. The van der Waals surface area contributed by atoms with E-state index in [1.807, 2.05) is 0 Å². The number of nitrogens with zero attached hydrogens (tertiary/aromatic N) is 4. The van der Waals surface area contributed by atoms with E-state index in [0.717, 1.165) is 12.8 Å². The van der Waals surface area contributed by atoms with Crippen molar-refractivity contribution >= 4 is 10.0 Å². The van der Waals surface area contributed by atoms with Crippen molar-refractivity contribution in [3.63, 3.8) is 0 Å². The Kier molecular flexibility index (Phi) is 4.21. The van der Waals surface area contributed by atoms with Crippen LogP contribution >= 0.6 is 0 Å². The Morgan fingerprint density at radius 2 is 2.14 bits per heavy atom. The molecule has 0 amide bonds. The topological polar surface area (TPSA) is 68.1 Å². The normalized spacial score (nSPS) is 20.1. The highest BCUT2D eigenvalue weighted by atomic mass is 32.2. The Hall–Kier alpha value is -1.80. The molecule has 1 aliphatic heterocycles. The third-order valence-electron chi connectivity index (χ3n) is 3.85. The largest absolute Gasteiger partial charge is 0.253 e. The lowest BCUT2D eigenvalue weighted by atomic mass is 10.00. The molecule has 1 aromatic carbocycles. The minimum atomic E-state index is -3.79. The Balaban J connectivity index is 1.78. The maximum atomic E-state index is 13.8. The van der Waals surface area contributed by atoms with Crippen LogP contribution in [-0.2, 0) is 16.6 Å². The van der Waals surface area contributed by atoms with E-state index in [2.05, 4.69) is 10.1 Å². The lowest BCUT2D eigenvalue weighted by molar-refractivity contribution is 0.239. The summed E-state index contributed by atoms with van der Waals surface area (Å²) in [5.41, 5.74) is 0. The molecule has 0 aliphatic carbocycles. The van der Waals surface area contributed by atoms with Gasteiger partial charge in [-0.05, 0) is 30.9 Å². The summed E-state index contributed by atoms with van der Waals surface area (Å²) in [6, 6.07) is 5.50. The van der Waals surface area contributed by atoms with Gasteiger partial charge in [-0.1, -0.05) is 12.1 Å². The summed E-state index contributed by atoms with van der Waals surface area (Å²) in [6.07, 6.45) is 4.75. The molecule has 8 heteroatoms. The van der Waals surface area contributed by atoms with Crippen molar-refractivity contribution in [3.05, 3.63) is 42.7 Å². The molecule has 1 atom stereocenters. The molecular weight excluding hydrogens is 307 g/mol. The van der Waals surface area contributed by atoms with E-state index in [-0.39, 0.29) is 10.8 Å². The first-order valence-corrected chi connectivity index (χ1v) is 8.58. The highest BCUT2D eigenvalue weighted by Crippen LogP contribution is 2.25.